The van der Waals surface area contributed by atoms with E-state index in [1.54, 1.807) is 42.5 Å². The number of anilines is 2. The summed E-state index contributed by atoms with van der Waals surface area (Å²) in [6, 6.07) is 15.2. The fourth-order valence-electron chi connectivity index (χ4n) is 4.30. The molecule has 0 radical (unpaired) electrons. The highest BCUT2D eigenvalue weighted by Crippen LogP contribution is 2.44. The number of aliphatic hydroxyl groups is 1. The van der Waals surface area contributed by atoms with E-state index >= 15 is 0 Å². The van der Waals surface area contributed by atoms with Crippen molar-refractivity contribution in [3.05, 3.63) is 93.5 Å². The molecule has 0 aromatic heterocycles. The standard InChI is InChI=1S/C25H20Cl2F6N2O/c26-18-8-4-6-16(23(18)27)12-34-13-21(15-5-3-7-17(11-15)24(28,29)30)35(14-22(36)25(31,32)33)20-10-2-1-9-19(20)34/h1-11,21-22,36H,12-14H2/t21?,22-/m1/s1. The van der Waals surface area contributed by atoms with Crippen molar-refractivity contribution in [2.45, 2.75) is 31.0 Å². The number of nitrogens with zero attached hydrogens (tertiary/aromatic N) is 2. The fraction of sp³-hybridized carbons (Fsp3) is 0.280. The van der Waals surface area contributed by atoms with Crippen molar-refractivity contribution in [2.24, 2.45) is 0 Å². The zero-order valence-electron chi connectivity index (χ0n) is 18.5. The average molecular weight is 549 g/mol. The third-order valence-corrected chi connectivity index (χ3v) is 6.90. The Morgan fingerprint density at radius 1 is 0.889 bits per heavy atom. The Morgan fingerprint density at radius 2 is 1.56 bits per heavy atom. The van der Waals surface area contributed by atoms with Crippen LogP contribution in [-0.2, 0) is 12.7 Å². The lowest BCUT2D eigenvalue weighted by Crippen LogP contribution is -2.49. The molecule has 0 bridgehead atoms. The van der Waals surface area contributed by atoms with Gasteiger partial charge in [-0.3, -0.25) is 0 Å². The number of β-amino-alcohol motifs (C(OH)–C–C–N with tert-alkyl or cyclic N) is 1. The second kappa shape index (κ2) is 10.0. The van der Waals surface area contributed by atoms with E-state index in [0.717, 1.165) is 12.1 Å². The monoisotopic (exact) mass is 548 g/mol. The van der Waals surface area contributed by atoms with Crippen molar-refractivity contribution in [3.8, 4) is 0 Å². The van der Waals surface area contributed by atoms with Gasteiger partial charge < -0.3 is 14.9 Å². The van der Waals surface area contributed by atoms with E-state index in [4.69, 9.17) is 23.2 Å². The lowest BCUT2D eigenvalue weighted by atomic mass is 9.96. The average Bonchev–Trinajstić information content (AvgIpc) is 2.82. The van der Waals surface area contributed by atoms with Gasteiger partial charge in [-0.2, -0.15) is 26.3 Å². The molecule has 1 N–H and O–H groups in total. The maximum Gasteiger partial charge on any atom is 0.416 e. The van der Waals surface area contributed by atoms with Crippen LogP contribution in [0.4, 0.5) is 37.7 Å². The van der Waals surface area contributed by atoms with Crippen molar-refractivity contribution < 1.29 is 31.4 Å². The molecule has 192 valence electrons. The summed E-state index contributed by atoms with van der Waals surface area (Å²) in [7, 11) is 0. The second-order valence-electron chi connectivity index (χ2n) is 8.43. The lowest BCUT2D eigenvalue weighted by molar-refractivity contribution is -0.200. The van der Waals surface area contributed by atoms with E-state index in [2.05, 4.69) is 0 Å². The Morgan fingerprint density at radius 3 is 2.22 bits per heavy atom. The first-order valence-corrected chi connectivity index (χ1v) is 11.6. The first-order valence-electron chi connectivity index (χ1n) is 10.8. The van der Waals surface area contributed by atoms with Gasteiger partial charge in [0.2, 0.25) is 0 Å². The first kappa shape index (κ1) is 26.4. The fourth-order valence-corrected chi connectivity index (χ4v) is 4.68. The Kier molecular flexibility index (Phi) is 7.37. The summed E-state index contributed by atoms with van der Waals surface area (Å²) in [5.41, 5.74) is 0.778. The number of aliphatic hydroxyl groups excluding tert-OH is 1. The summed E-state index contributed by atoms with van der Waals surface area (Å²) in [6.45, 7) is -0.611. The summed E-state index contributed by atoms with van der Waals surface area (Å²) in [4.78, 5) is 3.13. The van der Waals surface area contributed by atoms with Gasteiger partial charge in [0, 0.05) is 13.1 Å². The van der Waals surface area contributed by atoms with Crippen molar-refractivity contribution >= 4 is 34.6 Å². The molecule has 3 aromatic rings. The van der Waals surface area contributed by atoms with Gasteiger partial charge in [0.1, 0.15) is 0 Å². The molecule has 11 heteroatoms. The Balaban J connectivity index is 1.82. The lowest BCUT2D eigenvalue weighted by Gasteiger charge is -2.46. The van der Waals surface area contributed by atoms with Gasteiger partial charge in [-0.25, -0.2) is 0 Å². The minimum atomic E-state index is -4.90. The first-order chi connectivity index (χ1) is 16.9. The van der Waals surface area contributed by atoms with Gasteiger partial charge in [0.25, 0.3) is 0 Å². The minimum absolute atomic E-state index is 0.0335. The van der Waals surface area contributed by atoms with Gasteiger partial charge in [-0.05, 0) is 41.5 Å². The molecule has 1 aliphatic heterocycles. The third-order valence-electron chi connectivity index (χ3n) is 6.04. The zero-order chi connectivity index (χ0) is 26.3. The molecular formula is C25H20Cl2F6N2O. The number of hydrogen-bond acceptors (Lipinski definition) is 3. The van der Waals surface area contributed by atoms with E-state index in [0.29, 0.717) is 27.0 Å². The van der Waals surface area contributed by atoms with Gasteiger partial charge >= 0.3 is 12.4 Å². The van der Waals surface area contributed by atoms with Crippen LogP contribution in [-0.4, -0.2) is 30.5 Å². The molecule has 1 heterocycles. The van der Waals surface area contributed by atoms with Gasteiger partial charge in [0.05, 0.1) is 39.6 Å². The molecule has 0 saturated heterocycles. The van der Waals surface area contributed by atoms with Crippen molar-refractivity contribution in [3.63, 3.8) is 0 Å². The molecule has 3 nitrogen and oxygen atoms in total. The number of hydrogen-bond donors (Lipinski definition) is 1. The second-order valence-corrected chi connectivity index (χ2v) is 9.22. The summed E-state index contributed by atoms with van der Waals surface area (Å²) >= 11 is 12.5. The van der Waals surface area contributed by atoms with Crippen LogP contribution in [0.15, 0.2) is 66.7 Å². The molecule has 0 fully saturated rings. The summed E-state index contributed by atoms with van der Waals surface area (Å²) in [6.07, 6.45) is -12.2. The van der Waals surface area contributed by atoms with Crippen molar-refractivity contribution in [1.29, 1.82) is 0 Å². The maximum absolute atomic E-state index is 13.4. The quantitative estimate of drug-likeness (QED) is 0.334. The highest BCUT2D eigenvalue weighted by molar-refractivity contribution is 6.42. The highest BCUT2D eigenvalue weighted by Gasteiger charge is 2.43. The van der Waals surface area contributed by atoms with Crippen LogP contribution in [0.25, 0.3) is 0 Å². The normalized spacial score (nSPS) is 17.2. The van der Waals surface area contributed by atoms with E-state index in [9.17, 15) is 31.4 Å². The van der Waals surface area contributed by atoms with Crippen LogP contribution in [0, 0.1) is 0 Å². The van der Waals surface area contributed by atoms with Crippen LogP contribution < -0.4 is 9.80 Å². The largest absolute Gasteiger partial charge is 0.416 e. The number of alkyl halides is 6. The number of para-hydroxylation sites is 2. The summed E-state index contributed by atoms with van der Waals surface area (Å²) in [5.74, 6) is 0. The Hall–Kier alpha value is -2.62. The van der Waals surface area contributed by atoms with Gasteiger partial charge in [0.15, 0.2) is 6.10 Å². The van der Waals surface area contributed by atoms with E-state index in [1.165, 1.54) is 17.0 Å². The Bertz CT molecular complexity index is 1230. The molecule has 3 aromatic carbocycles. The zero-order valence-corrected chi connectivity index (χ0v) is 20.0. The van der Waals surface area contributed by atoms with E-state index in [1.807, 2.05) is 4.90 Å². The number of halogens is 8. The predicted molar refractivity (Wildman–Crippen MR) is 128 cm³/mol. The predicted octanol–water partition coefficient (Wildman–Crippen LogP) is 7.50. The minimum Gasteiger partial charge on any atom is -0.382 e. The van der Waals surface area contributed by atoms with Gasteiger partial charge in [-0.1, -0.05) is 59.6 Å². The van der Waals surface area contributed by atoms with Crippen molar-refractivity contribution in [1.82, 2.24) is 0 Å². The van der Waals surface area contributed by atoms with Crippen molar-refractivity contribution in [2.75, 3.05) is 22.9 Å². The van der Waals surface area contributed by atoms with Crippen LogP contribution >= 0.6 is 23.2 Å². The van der Waals surface area contributed by atoms with Gasteiger partial charge in [-0.15, -0.1) is 0 Å². The molecule has 2 atom stereocenters. The smallest absolute Gasteiger partial charge is 0.382 e. The molecule has 0 amide bonds. The van der Waals surface area contributed by atoms with Crippen LogP contribution in [0.2, 0.25) is 10.0 Å². The molecule has 0 aliphatic carbocycles. The molecule has 0 spiro atoms. The number of fused-ring (bicyclic) bond motifs is 1. The number of rotatable bonds is 5. The molecule has 1 aliphatic rings. The highest BCUT2D eigenvalue weighted by atomic mass is 35.5. The Labute approximate surface area is 213 Å². The topological polar surface area (TPSA) is 26.7 Å². The van der Waals surface area contributed by atoms with Crippen LogP contribution in [0.1, 0.15) is 22.7 Å². The van der Waals surface area contributed by atoms with E-state index < -0.39 is 36.6 Å². The molecule has 0 saturated carbocycles. The SMILES string of the molecule is O[C@H](CN1c2ccccc2N(Cc2cccc(Cl)c2Cl)CC1c1cccc(C(F)(F)F)c1)C(F)(F)F. The number of benzene rings is 3. The molecule has 1 unspecified atom stereocenters. The van der Waals surface area contributed by atoms with Crippen LogP contribution in [0.3, 0.4) is 0 Å². The van der Waals surface area contributed by atoms with Crippen LogP contribution in [0.5, 0.6) is 0 Å². The molecular weight excluding hydrogens is 529 g/mol. The summed E-state index contributed by atoms with van der Waals surface area (Å²) < 4.78 is 80.3. The third kappa shape index (κ3) is 5.53. The van der Waals surface area contributed by atoms with E-state index in [-0.39, 0.29) is 18.7 Å². The molecule has 36 heavy (non-hydrogen) atoms. The molecule has 4 rings (SSSR count). The summed E-state index contributed by atoms with van der Waals surface area (Å²) in [5, 5.41) is 10.5. The maximum atomic E-state index is 13.4.